The quantitative estimate of drug-likeness (QED) is 0.795. The fourth-order valence-corrected chi connectivity index (χ4v) is 3.37. The van der Waals surface area contributed by atoms with Gasteiger partial charge in [0.25, 0.3) is 5.91 Å². The van der Waals surface area contributed by atoms with E-state index in [-0.39, 0.29) is 36.4 Å². The molecular formula is C16H16N4O4. The van der Waals surface area contributed by atoms with Crippen LogP contribution in [0.4, 0.5) is 0 Å². The number of aryl methyl sites for hydroxylation is 1. The van der Waals surface area contributed by atoms with Crippen LogP contribution in [0.2, 0.25) is 0 Å². The predicted molar refractivity (Wildman–Crippen MR) is 81.7 cm³/mol. The zero-order valence-electron chi connectivity index (χ0n) is 13.1. The number of carbonyl (C=O) groups excluding carboxylic acids is 3. The summed E-state index contributed by atoms with van der Waals surface area (Å²) in [5.41, 5.74) is 0.110. The van der Waals surface area contributed by atoms with E-state index in [9.17, 15) is 14.4 Å². The molecule has 1 spiro atoms. The average Bonchev–Trinajstić information content (AvgIpc) is 3.27. The number of nitrogens with zero attached hydrogens (tertiary/aromatic N) is 2. The number of aromatic amines is 1. The van der Waals surface area contributed by atoms with Crippen LogP contribution in [0.5, 0.6) is 0 Å². The molecule has 0 saturated carbocycles. The van der Waals surface area contributed by atoms with Crippen LogP contribution in [0.1, 0.15) is 29.1 Å². The standard InChI is InChI=1S/C16H16N4O4/c1-9-2-3-12(24-9)10-6-11(19-18-10)14(22)20-5-4-16(8-20)7-13(21)17-15(16)23/h2-3,6H,4-5,7-8H2,1H3,(H,18,19)(H,17,21,23). The number of likely N-dealkylation sites (tertiary alicyclic amines) is 1. The Morgan fingerprint density at radius 2 is 2.21 bits per heavy atom. The number of rotatable bonds is 2. The molecule has 8 nitrogen and oxygen atoms in total. The molecule has 124 valence electrons. The Kier molecular flexibility index (Phi) is 3.09. The molecule has 2 aliphatic rings. The van der Waals surface area contributed by atoms with Crippen molar-refractivity contribution in [3.63, 3.8) is 0 Å². The summed E-state index contributed by atoms with van der Waals surface area (Å²) in [6.07, 6.45) is 0.637. The Morgan fingerprint density at radius 1 is 1.38 bits per heavy atom. The lowest BCUT2D eigenvalue weighted by Gasteiger charge is -2.19. The number of imide groups is 1. The number of carbonyl (C=O) groups is 3. The number of aromatic nitrogens is 2. The first-order valence-electron chi connectivity index (χ1n) is 7.73. The third-order valence-electron chi connectivity index (χ3n) is 4.68. The van der Waals surface area contributed by atoms with E-state index >= 15 is 0 Å². The van der Waals surface area contributed by atoms with Crippen molar-refractivity contribution in [3.8, 4) is 11.5 Å². The van der Waals surface area contributed by atoms with Crippen molar-refractivity contribution < 1.29 is 18.8 Å². The molecule has 8 heteroatoms. The molecule has 0 aromatic carbocycles. The highest BCUT2D eigenvalue weighted by Gasteiger charge is 2.52. The van der Waals surface area contributed by atoms with Crippen LogP contribution in [0, 0.1) is 12.3 Å². The van der Waals surface area contributed by atoms with E-state index in [0.717, 1.165) is 5.76 Å². The van der Waals surface area contributed by atoms with Gasteiger partial charge in [-0.15, -0.1) is 0 Å². The van der Waals surface area contributed by atoms with Gasteiger partial charge in [-0.25, -0.2) is 0 Å². The van der Waals surface area contributed by atoms with E-state index < -0.39 is 5.41 Å². The van der Waals surface area contributed by atoms with E-state index in [1.54, 1.807) is 17.0 Å². The lowest BCUT2D eigenvalue weighted by Crippen LogP contribution is -2.36. The van der Waals surface area contributed by atoms with E-state index in [2.05, 4.69) is 15.5 Å². The second-order valence-electron chi connectivity index (χ2n) is 6.39. The molecule has 0 aliphatic carbocycles. The SMILES string of the molecule is Cc1ccc(-c2cc(C(=O)N3CCC4(CC(=O)NC4=O)C3)n[nH]2)o1. The molecule has 2 saturated heterocycles. The fourth-order valence-electron chi connectivity index (χ4n) is 3.37. The summed E-state index contributed by atoms with van der Waals surface area (Å²) in [5.74, 6) is 0.564. The highest BCUT2D eigenvalue weighted by molar-refractivity contribution is 6.06. The molecule has 3 amide bonds. The normalized spacial score (nSPS) is 23.3. The van der Waals surface area contributed by atoms with Crippen molar-refractivity contribution in [3.05, 3.63) is 29.7 Å². The summed E-state index contributed by atoms with van der Waals surface area (Å²) in [7, 11) is 0. The summed E-state index contributed by atoms with van der Waals surface area (Å²) in [4.78, 5) is 37.7. The summed E-state index contributed by atoms with van der Waals surface area (Å²) >= 11 is 0. The lowest BCUT2D eigenvalue weighted by atomic mass is 9.85. The Morgan fingerprint density at radius 3 is 2.88 bits per heavy atom. The first kappa shape index (κ1) is 14.7. The summed E-state index contributed by atoms with van der Waals surface area (Å²) in [6.45, 7) is 2.51. The third-order valence-corrected chi connectivity index (χ3v) is 4.68. The zero-order valence-corrected chi connectivity index (χ0v) is 13.1. The second kappa shape index (κ2) is 5.05. The van der Waals surface area contributed by atoms with Crippen LogP contribution in [0.25, 0.3) is 11.5 Å². The minimum atomic E-state index is -0.774. The van der Waals surface area contributed by atoms with Crippen molar-refractivity contribution in [2.75, 3.05) is 13.1 Å². The number of amides is 3. The van der Waals surface area contributed by atoms with Gasteiger partial charge in [0.2, 0.25) is 11.8 Å². The molecule has 4 heterocycles. The molecule has 2 N–H and O–H groups in total. The first-order valence-corrected chi connectivity index (χ1v) is 7.73. The topological polar surface area (TPSA) is 108 Å². The van der Waals surface area contributed by atoms with Crippen molar-refractivity contribution in [2.45, 2.75) is 19.8 Å². The van der Waals surface area contributed by atoms with Crippen molar-refractivity contribution in [1.82, 2.24) is 20.4 Å². The van der Waals surface area contributed by atoms with Crippen LogP contribution < -0.4 is 5.32 Å². The van der Waals surface area contributed by atoms with Gasteiger partial charge in [0, 0.05) is 25.6 Å². The monoisotopic (exact) mass is 328 g/mol. The maximum Gasteiger partial charge on any atom is 0.274 e. The van der Waals surface area contributed by atoms with Gasteiger partial charge in [-0.1, -0.05) is 0 Å². The molecule has 2 aliphatic heterocycles. The van der Waals surface area contributed by atoms with Crippen LogP contribution in [-0.4, -0.2) is 45.9 Å². The molecule has 4 rings (SSSR count). The Bertz CT molecular complexity index is 852. The Labute approximate surface area is 137 Å². The number of hydrogen-bond acceptors (Lipinski definition) is 5. The predicted octanol–water partition coefficient (Wildman–Crippen LogP) is 0.857. The maximum absolute atomic E-state index is 12.6. The maximum atomic E-state index is 12.6. The molecular weight excluding hydrogens is 312 g/mol. The molecule has 1 atom stereocenters. The molecule has 0 radical (unpaired) electrons. The second-order valence-corrected chi connectivity index (χ2v) is 6.39. The van der Waals surface area contributed by atoms with E-state index in [4.69, 9.17) is 4.42 Å². The van der Waals surface area contributed by atoms with E-state index in [0.29, 0.717) is 24.4 Å². The summed E-state index contributed by atoms with van der Waals surface area (Å²) in [5, 5.41) is 9.17. The molecule has 24 heavy (non-hydrogen) atoms. The van der Waals surface area contributed by atoms with Gasteiger partial charge in [-0.2, -0.15) is 5.10 Å². The number of furan rings is 1. The number of nitrogens with one attached hydrogen (secondary N) is 2. The van der Waals surface area contributed by atoms with Gasteiger partial charge in [0.05, 0.1) is 5.41 Å². The van der Waals surface area contributed by atoms with Gasteiger partial charge in [0.15, 0.2) is 11.5 Å². The van der Waals surface area contributed by atoms with Gasteiger partial charge in [-0.05, 0) is 25.5 Å². The minimum absolute atomic E-state index is 0.146. The molecule has 1 unspecified atom stereocenters. The van der Waals surface area contributed by atoms with Crippen LogP contribution in [0.15, 0.2) is 22.6 Å². The van der Waals surface area contributed by atoms with Crippen molar-refractivity contribution in [1.29, 1.82) is 0 Å². The molecule has 0 bridgehead atoms. The minimum Gasteiger partial charge on any atom is -0.460 e. The van der Waals surface area contributed by atoms with Crippen molar-refractivity contribution in [2.24, 2.45) is 5.41 Å². The third kappa shape index (κ3) is 2.22. The fraction of sp³-hybridized carbons (Fsp3) is 0.375. The molecule has 2 aromatic rings. The largest absolute Gasteiger partial charge is 0.460 e. The zero-order chi connectivity index (χ0) is 16.9. The highest BCUT2D eigenvalue weighted by Crippen LogP contribution is 2.38. The Hall–Kier alpha value is -2.90. The van der Waals surface area contributed by atoms with Crippen LogP contribution >= 0.6 is 0 Å². The van der Waals surface area contributed by atoms with Crippen LogP contribution in [0.3, 0.4) is 0 Å². The molecule has 2 fully saturated rings. The van der Waals surface area contributed by atoms with Gasteiger partial charge >= 0.3 is 0 Å². The summed E-state index contributed by atoms with van der Waals surface area (Å²) < 4.78 is 5.50. The summed E-state index contributed by atoms with van der Waals surface area (Å²) in [6, 6.07) is 5.26. The smallest absolute Gasteiger partial charge is 0.274 e. The van der Waals surface area contributed by atoms with Gasteiger partial charge in [-0.3, -0.25) is 24.8 Å². The van der Waals surface area contributed by atoms with E-state index in [1.807, 2.05) is 13.0 Å². The number of H-pyrrole nitrogens is 1. The van der Waals surface area contributed by atoms with Gasteiger partial charge in [0.1, 0.15) is 11.5 Å². The molecule has 2 aromatic heterocycles. The first-order chi connectivity index (χ1) is 11.5. The van der Waals surface area contributed by atoms with Gasteiger partial charge < -0.3 is 9.32 Å². The van der Waals surface area contributed by atoms with E-state index in [1.165, 1.54) is 0 Å². The Balaban J connectivity index is 1.52. The lowest BCUT2D eigenvalue weighted by molar-refractivity contribution is -0.128. The average molecular weight is 328 g/mol. The van der Waals surface area contributed by atoms with Crippen LogP contribution in [-0.2, 0) is 9.59 Å². The van der Waals surface area contributed by atoms with Crippen molar-refractivity contribution >= 4 is 17.7 Å². The number of hydrogen-bond donors (Lipinski definition) is 2. The highest BCUT2D eigenvalue weighted by atomic mass is 16.3.